The molecule has 0 amide bonds. The van der Waals surface area contributed by atoms with E-state index in [1.807, 2.05) is 0 Å². The lowest BCUT2D eigenvalue weighted by atomic mass is 9.72. The van der Waals surface area contributed by atoms with Gasteiger partial charge in [-0.3, -0.25) is 0 Å². The quantitative estimate of drug-likeness (QED) is 0.519. The molecule has 0 aromatic rings. The second kappa shape index (κ2) is 8.86. The molecule has 25 heavy (non-hydrogen) atoms. The van der Waals surface area contributed by atoms with Crippen molar-refractivity contribution in [2.75, 3.05) is 13.2 Å². The molecule has 2 rings (SSSR count). The first-order valence-corrected chi connectivity index (χ1v) is 9.07. The summed E-state index contributed by atoms with van der Waals surface area (Å²) in [6.07, 6.45) is 3.26. The van der Waals surface area contributed by atoms with E-state index in [9.17, 15) is 24.1 Å². The summed E-state index contributed by atoms with van der Waals surface area (Å²) in [6, 6.07) is -0.588. The van der Waals surface area contributed by atoms with Crippen molar-refractivity contribution in [3.8, 4) is 0 Å². The van der Waals surface area contributed by atoms with Crippen molar-refractivity contribution in [3.63, 3.8) is 0 Å². The van der Waals surface area contributed by atoms with Gasteiger partial charge in [0, 0.05) is 0 Å². The molecule has 146 valence electrons. The van der Waals surface area contributed by atoms with Crippen molar-refractivity contribution in [3.05, 3.63) is 11.6 Å². The van der Waals surface area contributed by atoms with Crippen LogP contribution in [0.3, 0.4) is 0 Å². The van der Waals surface area contributed by atoms with Gasteiger partial charge in [-0.05, 0) is 55.6 Å². The number of ether oxygens (including phenoxy) is 1. The Morgan fingerprint density at radius 1 is 1.20 bits per heavy atom. The Labute approximate surface area is 148 Å². The normalized spacial score (nSPS) is 33.5. The fourth-order valence-corrected chi connectivity index (χ4v) is 3.72. The van der Waals surface area contributed by atoms with E-state index in [0.717, 1.165) is 6.42 Å². The van der Waals surface area contributed by atoms with Crippen LogP contribution in [0.4, 0.5) is 8.78 Å². The summed E-state index contributed by atoms with van der Waals surface area (Å²) >= 11 is 0. The maximum Gasteiger partial charge on any atom is 0.345 e. The molecule has 4 N–H and O–H groups in total. The molecule has 0 spiro atoms. The molecule has 4 atom stereocenters. The first-order chi connectivity index (χ1) is 11.7. The van der Waals surface area contributed by atoms with Gasteiger partial charge in [0.05, 0.1) is 12.6 Å². The molecule has 0 bridgehead atoms. The average molecular weight is 363 g/mol. The fourth-order valence-electron chi connectivity index (χ4n) is 3.72. The lowest BCUT2D eigenvalue weighted by molar-refractivity contribution is -0.129. The molecule has 7 heteroatoms. The molecule has 1 saturated carbocycles. The van der Waals surface area contributed by atoms with E-state index in [0.29, 0.717) is 17.9 Å². The summed E-state index contributed by atoms with van der Waals surface area (Å²) in [6.45, 7) is 1.83. The van der Waals surface area contributed by atoms with Gasteiger partial charge in [0.15, 0.2) is 0 Å². The van der Waals surface area contributed by atoms with Crippen LogP contribution in [0.25, 0.3) is 0 Å². The van der Waals surface area contributed by atoms with Crippen LogP contribution in [0.15, 0.2) is 11.6 Å². The lowest BCUT2D eigenvalue weighted by Crippen LogP contribution is -2.54. The Hall–Kier alpha value is -0.600. The van der Waals surface area contributed by atoms with Gasteiger partial charge in [0.2, 0.25) is 0 Å². The molecule has 0 unspecified atom stereocenters. The Kier molecular flexibility index (Phi) is 7.34. The number of aliphatic hydroxyl groups excluding tert-OH is 3. The number of nitrogens with one attached hydrogen (secondary N) is 1. The van der Waals surface area contributed by atoms with E-state index < -0.39 is 37.6 Å². The van der Waals surface area contributed by atoms with Crippen LogP contribution in [0, 0.1) is 11.3 Å². The van der Waals surface area contributed by atoms with Gasteiger partial charge in [0.25, 0.3) is 0 Å². The molecule has 0 radical (unpaired) electrons. The van der Waals surface area contributed by atoms with Gasteiger partial charge in [-0.15, -0.1) is 0 Å². The highest BCUT2D eigenvalue weighted by Gasteiger charge is 2.37. The van der Waals surface area contributed by atoms with Gasteiger partial charge in [-0.2, -0.15) is 8.78 Å². The predicted octanol–water partition coefficient (Wildman–Crippen LogP) is 1.81. The highest BCUT2D eigenvalue weighted by Crippen LogP contribution is 2.39. The van der Waals surface area contributed by atoms with Crippen LogP contribution < -0.4 is 5.32 Å². The molecule has 2 aliphatic rings. The highest BCUT2D eigenvalue weighted by molar-refractivity contribution is 5.21. The summed E-state index contributed by atoms with van der Waals surface area (Å²) in [5.74, 6) is 0.641. The topological polar surface area (TPSA) is 82.0 Å². The summed E-state index contributed by atoms with van der Waals surface area (Å²) < 4.78 is 28.6. The Morgan fingerprint density at radius 2 is 1.84 bits per heavy atom. The number of hydrogen-bond donors (Lipinski definition) is 4. The Bertz CT molecular complexity index is 448. The predicted molar refractivity (Wildman–Crippen MR) is 90.2 cm³/mol. The minimum atomic E-state index is -2.95. The van der Waals surface area contributed by atoms with E-state index in [1.165, 1.54) is 31.8 Å². The zero-order chi connectivity index (χ0) is 18.6. The molecular weight excluding hydrogens is 332 g/mol. The van der Waals surface area contributed by atoms with Crippen molar-refractivity contribution < 1.29 is 28.8 Å². The Balaban J connectivity index is 1.84. The third-order valence-corrected chi connectivity index (χ3v) is 5.58. The van der Waals surface area contributed by atoms with Gasteiger partial charge < -0.3 is 25.4 Å². The van der Waals surface area contributed by atoms with Crippen molar-refractivity contribution in [1.29, 1.82) is 0 Å². The number of halogens is 2. The second-order valence-electron chi connectivity index (χ2n) is 8.12. The smallest absolute Gasteiger partial charge is 0.345 e. The maximum atomic E-state index is 12.2. The summed E-state index contributed by atoms with van der Waals surface area (Å²) in [5, 5.41) is 33.1. The van der Waals surface area contributed by atoms with Gasteiger partial charge >= 0.3 is 6.61 Å². The minimum Gasteiger partial charge on any atom is -0.388 e. The van der Waals surface area contributed by atoms with Crippen LogP contribution >= 0.6 is 0 Å². The SMILES string of the molecule is CC1(C)CCC(CCN[C@@H]2C=C(COC(F)F)[C@H](O)[C@H](O)[C@H]2O)CC1. The molecule has 0 aliphatic heterocycles. The molecular formula is C18H31F2NO4. The number of rotatable bonds is 7. The molecule has 1 fully saturated rings. The molecule has 2 aliphatic carbocycles. The number of aliphatic hydroxyl groups is 3. The van der Waals surface area contributed by atoms with E-state index in [2.05, 4.69) is 23.9 Å². The zero-order valence-electron chi connectivity index (χ0n) is 15.0. The van der Waals surface area contributed by atoms with Crippen LogP contribution in [0.2, 0.25) is 0 Å². The molecule has 0 saturated heterocycles. The summed E-state index contributed by atoms with van der Waals surface area (Å²) in [7, 11) is 0. The third kappa shape index (κ3) is 5.96. The van der Waals surface area contributed by atoms with E-state index in [1.54, 1.807) is 0 Å². The van der Waals surface area contributed by atoms with Gasteiger partial charge in [0.1, 0.15) is 18.3 Å². The van der Waals surface area contributed by atoms with Crippen molar-refractivity contribution >= 4 is 0 Å². The van der Waals surface area contributed by atoms with E-state index in [-0.39, 0.29) is 5.57 Å². The largest absolute Gasteiger partial charge is 0.388 e. The van der Waals surface area contributed by atoms with Crippen LogP contribution in [0.5, 0.6) is 0 Å². The van der Waals surface area contributed by atoms with Crippen molar-refractivity contribution in [1.82, 2.24) is 5.32 Å². The first-order valence-electron chi connectivity index (χ1n) is 9.07. The standard InChI is InChI=1S/C18H31F2NO4/c1-18(2)6-3-11(4-7-18)5-8-21-13-9-12(10-25-17(19)20)14(22)16(24)15(13)23/h9,11,13-17,21-24H,3-8,10H2,1-2H3/t13-,14+,15+,16+/m1/s1. The van der Waals surface area contributed by atoms with E-state index >= 15 is 0 Å². The monoisotopic (exact) mass is 363 g/mol. The van der Waals surface area contributed by atoms with Gasteiger partial charge in [-0.25, -0.2) is 0 Å². The second-order valence-corrected chi connectivity index (χ2v) is 8.12. The zero-order valence-corrected chi connectivity index (χ0v) is 15.0. The Morgan fingerprint density at radius 3 is 2.44 bits per heavy atom. The fraction of sp³-hybridized carbons (Fsp3) is 0.889. The first kappa shape index (κ1) is 20.7. The van der Waals surface area contributed by atoms with Crippen molar-refractivity contribution in [2.24, 2.45) is 11.3 Å². The number of alkyl halides is 2. The highest BCUT2D eigenvalue weighted by atomic mass is 19.3. The van der Waals surface area contributed by atoms with Crippen LogP contribution in [0.1, 0.15) is 46.0 Å². The maximum absolute atomic E-state index is 12.2. The van der Waals surface area contributed by atoms with E-state index in [4.69, 9.17) is 0 Å². The summed E-state index contributed by atoms with van der Waals surface area (Å²) in [5.41, 5.74) is 0.585. The lowest BCUT2D eigenvalue weighted by Gasteiger charge is -2.36. The molecule has 0 heterocycles. The molecule has 0 aromatic carbocycles. The molecule has 0 aromatic heterocycles. The number of hydrogen-bond acceptors (Lipinski definition) is 5. The van der Waals surface area contributed by atoms with Crippen LogP contribution in [-0.4, -0.2) is 59.4 Å². The summed E-state index contributed by atoms with van der Waals surface area (Å²) in [4.78, 5) is 0. The van der Waals surface area contributed by atoms with Crippen LogP contribution in [-0.2, 0) is 4.74 Å². The molecule has 5 nitrogen and oxygen atoms in total. The van der Waals surface area contributed by atoms with Gasteiger partial charge in [-0.1, -0.05) is 19.9 Å². The third-order valence-electron chi connectivity index (χ3n) is 5.58. The average Bonchev–Trinajstić information content (AvgIpc) is 2.55. The van der Waals surface area contributed by atoms with Crippen molar-refractivity contribution in [2.45, 2.75) is 76.9 Å². The minimum absolute atomic E-state index is 0.162.